The molecule has 33 heavy (non-hydrogen) atoms. The molecule has 4 heterocycles. The number of nitrogen functional groups attached to an aromatic ring is 1. The van der Waals surface area contributed by atoms with Crippen LogP contribution in [0.15, 0.2) is 33.1 Å². The molecule has 1 saturated heterocycles. The summed E-state index contributed by atoms with van der Waals surface area (Å²) < 4.78 is 11.3. The van der Waals surface area contributed by atoms with E-state index in [9.17, 15) is 9.90 Å². The summed E-state index contributed by atoms with van der Waals surface area (Å²) in [4.78, 5) is 17.8. The summed E-state index contributed by atoms with van der Waals surface area (Å²) in [7, 11) is 0. The molecule has 170 valence electrons. The Labute approximate surface area is 189 Å². The van der Waals surface area contributed by atoms with Gasteiger partial charge in [0, 0.05) is 30.0 Å². The van der Waals surface area contributed by atoms with Crippen molar-refractivity contribution in [3.05, 3.63) is 34.6 Å². The molecule has 4 N–H and O–H groups in total. The summed E-state index contributed by atoms with van der Waals surface area (Å²) in [6.45, 7) is 2.71. The number of morpholine rings is 1. The molecule has 0 saturated carbocycles. The number of hydrogen-bond acceptors (Lipinski definition) is 11. The quantitative estimate of drug-likeness (QED) is 0.361. The van der Waals surface area contributed by atoms with Crippen molar-refractivity contribution in [2.75, 3.05) is 32.0 Å². The number of fused-ring (bicyclic) bond motifs is 1. The van der Waals surface area contributed by atoms with Crippen molar-refractivity contribution in [1.82, 2.24) is 35.2 Å². The number of aromatic amines is 1. The fraction of sp³-hybridized carbons (Fsp3) is 0.278. The van der Waals surface area contributed by atoms with Crippen molar-refractivity contribution in [3.8, 4) is 11.7 Å². The molecule has 0 radical (unpaired) electrons. The van der Waals surface area contributed by atoms with Gasteiger partial charge in [0.15, 0.2) is 11.4 Å². The van der Waals surface area contributed by atoms with Crippen molar-refractivity contribution < 1.29 is 19.3 Å². The van der Waals surface area contributed by atoms with Crippen LogP contribution in [0.4, 0.5) is 11.5 Å². The monoisotopic (exact) mass is 472 g/mol. The largest absolute Gasteiger partial charge is 0.493 e. The van der Waals surface area contributed by atoms with Gasteiger partial charge in [-0.15, -0.1) is 15.3 Å². The molecule has 5 rings (SSSR count). The van der Waals surface area contributed by atoms with Gasteiger partial charge in [0.05, 0.1) is 24.4 Å². The van der Waals surface area contributed by atoms with Crippen LogP contribution in [0.3, 0.4) is 0 Å². The predicted octanol–water partition coefficient (Wildman–Crippen LogP) is 1.83. The zero-order chi connectivity index (χ0) is 22.9. The second kappa shape index (κ2) is 8.57. The van der Waals surface area contributed by atoms with E-state index in [4.69, 9.17) is 22.1 Å². The number of azo groups is 1. The van der Waals surface area contributed by atoms with Gasteiger partial charge in [-0.05, 0) is 28.5 Å². The molecule has 1 aliphatic rings. The number of ether oxygens (including phenoxy) is 1. The van der Waals surface area contributed by atoms with Crippen LogP contribution in [0, 0.1) is 0 Å². The predicted molar refractivity (Wildman–Crippen MR) is 114 cm³/mol. The maximum Gasteiger partial charge on any atom is 0.317 e. The van der Waals surface area contributed by atoms with E-state index >= 15 is 0 Å². The number of halogens is 1. The molecule has 1 amide bonds. The number of anilines is 1. The highest BCUT2D eigenvalue weighted by Gasteiger charge is 2.26. The van der Waals surface area contributed by atoms with E-state index in [1.54, 1.807) is 18.2 Å². The molecule has 0 unspecified atom stereocenters. The lowest BCUT2D eigenvalue weighted by Crippen LogP contribution is -2.36. The van der Waals surface area contributed by atoms with Gasteiger partial charge >= 0.3 is 5.91 Å². The van der Waals surface area contributed by atoms with Crippen molar-refractivity contribution in [2.45, 2.75) is 6.54 Å². The third-order valence-electron chi connectivity index (χ3n) is 5.09. The van der Waals surface area contributed by atoms with Crippen LogP contribution < -0.4 is 5.73 Å². The van der Waals surface area contributed by atoms with E-state index in [0.717, 1.165) is 0 Å². The zero-order valence-corrected chi connectivity index (χ0v) is 17.7. The zero-order valence-electron chi connectivity index (χ0n) is 17.0. The lowest BCUT2D eigenvalue weighted by Gasteiger charge is -2.26. The number of nitrogens with two attached hydrogens (primary N) is 1. The van der Waals surface area contributed by atoms with Gasteiger partial charge in [0.2, 0.25) is 17.5 Å². The number of carbonyl (C=O) groups is 1. The van der Waals surface area contributed by atoms with Crippen molar-refractivity contribution in [2.24, 2.45) is 10.2 Å². The molecule has 14 nitrogen and oxygen atoms in total. The summed E-state index contributed by atoms with van der Waals surface area (Å²) in [5.41, 5.74) is 6.80. The van der Waals surface area contributed by atoms with E-state index in [1.807, 2.05) is 0 Å². The number of amides is 1. The van der Waals surface area contributed by atoms with Gasteiger partial charge in [-0.25, -0.2) is 4.63 Å². The van der Waals surface area contributed by atoms with Crippen LogP contribution in [0.25, 0.3) is 16.7 Å². The fourth-order valence-electron chi connectivity index (χ4n) is 3.47. The first-order valence-corrected chi connectivity index (χ1v) is 10.2. The molecule has 0 aliphatic carbocycles. The number of carbonyl (C=O) groups excluding carboxylic acids is 1. The maximum atomic E-state index is 13.0. The Morgan fingerprint density at radius 3 is 2.88 bits per heavy atom. The first-order chi connectivity index (χ1) is 16.0. The minimum Gasteiger partial charge on any atom is -0.493 e. The van der Waals surface area contributed by atoms with Crippen molar-refractivity contribution in [1.29, 1.82) is 0 Å². The number of aromatic nitrogens is 6. The summed E-state index contributed by atoms with van der Waals surface area (Å²) in [6, 6.07) is 4.94. The van der Waals surface area contributed by atoms with E-state index in [0.29, 0.717) is 54.5 Å². The molecule has 1 fully saturated rings. The Hall–Kier alpha value is -3.88. The molecule has 15 heteroatoms. The average Bonchev–Trinajstić information content (AvgIpc) is 3.49. The maximum absolute atomic E-state index is 13.0. The van der Waals surface area contributed by atoms with E-state index in [2.05, 4.69) is 45.4 Å². The van der Waals surface area contributed by atoms with Crippen LogP contribution in [0.1, 0.15) is 16.2 Å². The molecule has 3 aromatic heterocycles. The number of nitrogens with one attached hydrogen (secondary N) is 1. The summed E-state index contributed by atoms with van der Waals surface area (Å²) in [6.07, 6.45) is 0. The van der Waals surface area contributed by atoms with E-state index in [1.165, 1.54) is 4.68 Å². The Kier molecular flexibility index (Phi) is 5.45. The second-order valence-electron chi connectivity index (χ2n) is 7.18. The third kappa shape index (κ3) is 4.02. The van der Waals surface area contributed by atoms with Gasteiger partial charge < -0.3 is 20.6 Å². The van der Waals surface area contributed by atoms with Crippen LogP contribution in [-0.2, 0) is 11.3 Å². The molecule has 0 spiro atoms. The average molecular weight is 473 g/mol. The first kappa shape index (κ1) is 21.0. The molecular weight excluding hydrogens is 456 g/mol. The molecule has 1 aromatic carbocycles. The fourth-order valence-corrected chi connectivity index (χ4v) is 3.64. The minimum atomic E-state index is -0.768. The van der Waals surface area contributed by atoms with E-state index < -0.39 is 5.91 Å². The molecule has 0 bridgehead atoms. The van der Waals surface area contributed by atoms with Crippen LogP contribution >= 0.6 is 11.6 Å². The number of rotatable bonds is 5. The highest BCUT2D eigenvalue weighted by Crippen LogP contribution is 2.36. The molecule has 1 aliphatic heterocycles. The smallest absolute Gasteiger partial charge is 0.317 e. The first-order valence-electron chi connectivity index (χ1n) is 9.80. The second-order valence-corrected chi connectivity index (χ2v) is 7.61. The molecule has 0 atom stereocenters. The highest BCUT2D eigenvalue weighted by molar-refractivity contribution is 6.31. The standard InChI is InChI=1S/C18H17ClN10O4/c19-9-1-2-11-10(7-9)13(17(30)21-11)22-24-18(31)14-12(8-28-3-5-32-6-4-28)29(27-23-14)16-15(20)25-33-26-16/h1-2,7,21,30H,3-6,8H2,(H2,20,25). The topological polar surface area (TPSA) is 186 Å². The van der Waals surface area contributed by atoms with Gasteiger partial charge in [0.1, 0.15) is 0 Å². The van der Waals surface area contributed by atoms with Gasteiger partial charge in [-0.2, -0.15) is 4.68 Å². The number of hydrogen-bond donors (Lipinski definition) is 3. The normalized spacial score (nSPS) is 15.1. The van der Waals surface area contributed by atoms with Gasteiger partial charge in [-0.1, -0.05) is 16.8 Å². The molecule has 4 aromatic rings. The summed E-state index contributed by atoms with van der Waals surface area (Å²) in [5.74, 6) is -0.923. The number of H-pyrrole nitrogens is 1. The Bertz CT molecular complexity index is 1350. The lowest BCUT2D eigenvalue weighted by molar-refractivity contribution is 0.0332. The van der Waals surface area contributed by atoms with Gasteiger partial charge in [-0.3, -0.25) is 9.69 Å². The van der Waals surface area contributed by atoms with Crippen LogP contribution in [-0.4, -0.2) is 72.5 Å². The third-order valence-corrected chi connectivity index (χ3v) is 5.33. The molecular formula is C18H17ClN10O4. The Balaban J connectivity index is 1.50. The van der Waals surface area contributed by atoms with Crippen molar-refractivity contribution >= 4 is 39.9 Å². The lowest BCUT2D eigenvalue weighted by atomic mass is 10.2. The minimum absolute atomic E-state index is 0.00986. The van der Waals surface area contributed by atoms with Crippen LogP contribution in [0.2, 0.25) is 5.02 Å². The van der Waals surface area contributed by atoms with E-state index in [-0.39, 0.29) is 28.9 Å². The SMILES string of the molecule is Nc1nonc1-n1nnc(C(=O)N=Nc2c(O)[nH]c3ccc(Cl)cc23)c1CN1CCOCC1. The number of nitrogens with zero attached hydrogens (tertiary/aromatic N) is 8. The van der Waals surface area contributed by atoms with Gasteiger partial charge in [0.25, 0.3) is 0 Å². The summed E-state index contributed by atoms with van der Waals surface area (Å²) >= 11 is 6.04. The van der Waals surface area contributed by atoms with Crippen molar-refractivity contribution in [3.63, 3.8) is 0 Å². The number of aromatic hydroxyl groups is 1. The Morgan fingerprint density at radius 2 is 2.12 bits per heavy atom. The summed E-state index contributed by atoms with van der Waals surface area (Å²) in [5, 5.41) is 34.1. The number of benzene rings is 1. The van der Waals surface area contributed by atoms with Crippen LogP contribution in [0.5, 0.6) is 5.88 Å². The Morgan fingerprint density at radius 1 is 1.30 bits per heavy atom. The highest BCUT2D eigenvalue weighted by atomic mass is 35.5.